The summed E-state index contributed by atoms with van der Waals surface area (Å²) in [6, 6.07) is 19.5. The van der Waals surface area contributed by atoms with Crippen molar-refractivity contribution < 1.29 is 14.0 Å². The molecule has 3 aromatic rings. The lowest BCUT2D eigenvalue weighted by molar-refractivity contribution is -0.117. The van der Waals surface area contributed by atoms with Crippen LogP contribution in [0.25, 0.3) is 0 Å². The first-order chi connectivity index (χ1) is 14.5. The van der Waals surface area contributed by atoms with E-state index in [9.17, 15) is 14.0 Å². The average Bonchev–Trinajstić information content (AvgIpc) is 3.10. The van der Waals surface area contributed by atoms with Gasteiger partial charge in [-0.2, -0.15) is 0 Å². The lowest BCUT2D eigenvalue weighted by Gasteiger charge is -2.18. The highest BCUT2D eigenvalue weighted by Crippen LogP contribution is 2.26. The summed E-state index contributed by atoms with van der Waals surface area (Å²) in [6.07, 6.45) is 0.572. The summed E-state index contributed by atoms with van der Waals surface area (Å²) in [5.74, 6) is -0.814. The minimum atomic E-state index is -0.431. The van der Waals surface area contributed by atoms with Crippen molar-refractivity contribution in [3.8, 4) is 0 Å². The third kappa shape index (κ3) is 4.28. The molecule has 0 spiro atoms. The molecule has 1 unspecified atom stereocenters. The first kappa shape index (κ1) is 19.9. The molecule has 1 saturated heterocycles. The van der Waals surface area contributed by atoms with Gasteiger partial charge in [0.1, 0.15) is 11.9 Å². The highest BCUT2D eigenvalue weighted by atomic mass is 35.5. The summed E-state index contributed by atoms with van der Waals surface area (Å²) in [5, 5.41) is 6.57. The van der Waals surface area contributed by atoms with Gasteiger partial charge in [-0.15, -0.1) is 0 Å². The Balaban J connectivity index is 1.38. The van der Waals surface area contributed by atoms with Gasteiger partial charge in [-0.05, 0) is 67.1 Å². The number of anilines is 3. The lowest BCUT2D eigenvalue weighted by atomic mass is 10.2. The highest BCUT2D eigenvalue weighted by Gasteiger charge is 2.33. The number of nitrogens with one attached hydrogen (secondary N) is 2. The van der Waals surface area contributed by atoms with Crippen LogP contribution in [-0.4, -0.2) is 24.4 Å². The molecule has 5 nitrogen and oxygen atoms in total. The third-order valence-corrected chi connectivity index (χ3v) is 5.19. The van der Waals surface area contributed by atoms with Gasteiger partial charge < -0.3 is 15.5 Å². The van der Waals surface area contributed by atoms with Crippen molar-refractivity contribution >= 4 is 40.5 Å². The Labute approximate surface area is 178 Å². The summed E-state index contributed by atoms with van der Waals surface area (Å²) in [7, 11) is 0. The molecule has 1 fully saturated rings. The van der Waals surface area contributed by atoms with E-state index in [0.717, 1.165) is 5.69 Å². The van der Waals surface area contributed by atoms with Crippen LogP contribution in [0, 0.1) is 5.82 Å². The maximum absolute atomic E-state index is 14.0. The topological polar surface area (TPSA) is 61.4 Å². The summed E-state index contributed by atoms with van der Waals surface area (Å²) < 4.78 is 14.0. The summed E-state index contributed by atoms with van der Waals surface area (Å²) in [6.45, 7) is 0.451. The van der Waals surface area contributed by atoms with Gasteiger partial charge in [0.05, 0.1) is 5.69 Å². The molecule has 1 aliphatic heterocycles. The van der Waals surface area contributed by atoms with E-state index in [1.165, 1.54) is 11.0 Å². The van der Waals surface area contributed by atoms with Crippen molar-refractivity contribution in [1.29, 1.82) is 0 Å². The minimum Gasteiger partial charge on any atom is -0.374 e. The number of nitrogens with zero attached hydrogens (tertiary/aromatic N) is 1. The second-order valence-corrected chi connectivity index (χ2v) is 7.40. The van der Waals surface area contributed by atoms with Crippen molar-refractivity contribution in [1.82, 2.24) is 0 Å². The number of rotatable bonds is 5. The molecular formula is C23H19ClFN3O2. The first-order valence-electron chi connectivity index (χ1n) is 9.51. The Morgan fingerprint density at radius 1 is 0.967 bits per heavy atom. The van der Waals surface area contributed by atoms with Gasteiger partial charge in [-0.3, -0.25) is 9.59 Å². The highest BCUT2D eigenvalue weighted by molar-refractivity contribution is 6.30. The van der Waals surface area contributed by atoms with Crippen molar-refractivity contribution in [3.05, 3.63) is 89.2 Å². The van der Waals surface area contributed by atoms with Gasteiger partial charge in [0.15, 0.2) is 0 Å². The zero-order chi connectivity index (χ0) is 21.1. The summed E-state index contributed by atoms with van der Waals surface area (Å²) in [4.78, 5) is 26.4. The predicted octanol–water partition coefficient (Wildman–Crippen LogP) is 4.95. The number of carbonyl (C=O) groups excluding carboxylic acids is 2. The number of hydrogen-bond donors (Lipinski definition) is 2. The number of benzene rings is 3. The van der Waals surface area contributed by atoms with Crippen LogP contribution in [0.5, 0.6) is 0 Å². The Morgan fingerprint density at radius 2 is 1.63 bits per heavy atom. The molecule has 0 bridgehead atoms. The number of hydrogen-bond acceptors (Lipinski definition) is 3. The van der Waals surface area contributed by atoms with Crippen LogP contribution in [0.4, 0.5) is 21.5 Å². The fraction of sp³-hybridized carbons (Fsp3) is 0.130. The van der Waals surface area contributed by atoms with Crippen LogP contribution >= 0.6 is 11.6 Å². The average molecular weight is 424 g/mol. The molecule has 2 amide bonds. The molecule has 1 atom stereocenters. The zero-order valence-electron chi connectivity index (χ0n) is 15.9. The Kier molecular flexibility index (Phi) is 5.68. The van der Waals surface area contributed by atoms with Gasteiger partial charge in [-0.1, -0.05) is 23.7 Å². The quantitative estimate of drug-likeness (QED) is 0.610. The minimum absolute atomic E-state index is 0.166. The molecule has 4 rings (SSSR count). The second-order valence-electron chi connectivity index (χ2n) is 6.97. The van der Waals surface area contributed by atoms with E-state index in [2.05, 4.69) is 10.6 Å². The fourth-order valence-corrected chi connectivity index (χ4v) is 3.51. The van der Waals surface area contributed by atoms with E-state index < -0.39 is 11.9 Å². The van der Waals surface area contributed by atoms with Crippen LogP contribution in [0.15, 0.2) is 72.8 Å². The molecule has 7 heteroatoms. The zero-order valence-corrected chi connectivity index (χ0v) is 16.7. The van der Waals surface area contributed by atoms with E-state index in [-0.39, 0.29) is 11.8 Å². The number of amides is 2. The maximum atomic E-state index is 14.0. The van der Waals surface area contributed by atoms with Gasteiger partial charge >= 0.3 is 0 Å². The second kappa shape index (κ2) is 8.55. The summed E-state index contributed by atoms with van der Waals surface area (Å²) in [5.41, 5.74) is 2.18. The van der Waals surface area contributed by atoms with Gasteiger partial charge in [0.25, 0.3) is 5.91 Å². The molecule has 2 N–H and O–H groups in total. The van der Waals surface area contributed by atoms with E-state index >= 15 is 0 Å². The summed E-state index contributed by atoms with van der Waals surface area (Å²) >= 11 is 5.84. The Morgan fingerprint density at radius 3 is 2.33 bits per heavy atom. The monoisotopic (exact) mass is 423 g/mol. The van der Waals surface area contributed by atoms with Crippen LogP contribution in [0.2, 0.25) is 5.02 Å². The fourth-order valence-electron chi connectivity index (χ4n) is 3.38. The van der Waals surface area contributed by atoms with Gasteiger partial charge in [0, 0.05) is 28.5 Å². The van der Waals surface area contributed by atoms with Crippen molar-refractivity contribution in [2.45, 2.75) is 12.5 Å². The third-order valence-electron chi connectivity index (χ3n) is 4.94. The predicted molar refractivity (Wildman–Crippen MR) is 117 cm³/mol. The van der Waals surface area contributed by atoms with E-state index in [4.69, 9.17) is 11.6 Å². The molecule has 0 radical (unpaired) electrons. The molecule has 1 aliphatic rings. The number of halogens is 2. The Bertz CT molecular complexity index is 1070. The SMILES string of the molecule is O=C(Nc1ccc(NC2CCN(c3ccccc3F)C2=O)cc1)c1ccc(Cl)cc1. The molecule has 0 saturated carbocycles. The van der Waals surface area contributed by atoms with E-state index in [1.807, 2.05) is 0 Å². The molecule has 1 heterocycles. The van der Waals surface area contributed by atoms with Crippen LogP contribution in [0.1, 0.15) is 16.8 Å². The molecule has 152 valence electrons. The lowest BCUT2D eigenvalue weighted by Crippen LogP contribution is -2.33. The largest absolute Gasteiger partial charge is 0.374 e. The van der Waals surface area contributed by atoms with E-state index in [0.29, 0.717) is 34.9 Å². The maximum Gasteiger partial charge on any atom is 0.255 e. The normalized spacial score (nSPS) is 15.9. The molecule has 0 aromatic heterocycles. The van der Waals surface area contributed by atoms with Crippen molar-refractivity contribution in [2.75, 3.05) is 22.1 Å². The van der Waals surface area contributed by atoms with Crippen LogP contribution < -0.4 is 15.5 Å². The van der Waals surface area contributed by atoms with Gasteiger partial charge in [-0.25, -0.2) is 4.39 Å². The van der Waals surface area contributed by atoms with E-state index in [1.54, 1.807) is 66.7 Å². The van der Waals surface area contributed by atoms with Gasteiger partial charge in [0.2, 0.25) is 5.91 Å². The van der Waals surface area contributed by atoms with Crippen LogP contribution in [-0.2, 0) is 4.79 Å². The van der Waals surface area contributed by atoms with Crippen LogP contribution in [0.3, 0.4) is 0 Å². The number of carbonyl (C=O) groups is 2. The smallest absolute Gasteiger partial charge is 0.255 e. The van der Waals surface area contributed by atoms with Crippen molar-refractivity contribution in [2.24, 2.45) is 0 Å². The molecule has 0 aliphatic carbocycles. The first-order valence-corrected chi connectivity index (χ1v) is 9.88. The molecular weight excluding hydrogens is 405 g/mol. The standard InChI is InChI=1S/C23H19ClFN3O2/c24-16-7-5-15(6-8-16)22(29)27-18-11-9-17(10-12-18)26-20-13-14-28(23(20)30)21-4-2-1-3-19(21)25/h1-12,20,26H,13-14H2,(H,27,29). The molecule has 3 aromatic carbocycles. The number of para-hydroxylation sites is 1. The Hall–Kier alpha value is -3.38. The van der Waals surface area contributed by atoms with Crippen molar-refractivity contribution in [3.63, 3.8) is 0 Å². The molecule has 30 heavy (non-hydrogen) atoms.